The van der Waals surface area contributed by atoms with Crippen molar-refractivity contribution in [2.24, 2.45) is 0 Å². The molecule has 0 saturated carbocycles. The molecule has 0 saturated heterocycles. The Balaban J connectivity index is 0.971. The summed E-state index contributed by atoms with van der Waals surface area (Å²) in [6.45, 7) is 27.8. The third kappa shape index (κ3) is 6.99. The number of hydrogen-bond acceptors (Lipinski definition) is 0. The number of para-hydroxylation sites is 2. The summed E-state index contributed by atoms with van der Waals surface area (Å²) in [7, 11) is 0. The minimum Gasteiger partial charge on any atom is -0.309 e. The third-order valence-corrected chi connectivity index (χ3v) is 19.6. The van der Waals surface area contributed by atoms with Crippen LogP contribution in [0.1, 0.15) is 105 Å². The van der Waals surface area contributed by atoms with Crippen molar-refractivity contribution in [3.05, 3.63) is 229 Å². The van der Waals surface area contributed by atoms with Crippen LogP contribution in [0.4, 0.5) is 0 Å². The summed E-state index contributed by atoms with van der Waals surface area (Å²) in [5.41, 5.74) is 25.1. The maximum Gasteiger partial charge on any atom is 0.0634 e. The van der Waals surface area contributed by atoms with E-state index in [1.54, 1.807) is 0 Å². The van der Waals surface area contributed by atoms with Crippen molar-refractivity contribution in [2.45, 2.75) is 105 Å². The molecular formula is C82H70N4. The van der Waals surface area contributed by atoms with Crippen LogP contribution in [-0.2, 0) is 21.7 Å². The van der Waals surface area contributed by atoms with Crippen molar-refractivity contribution >= 4 is 120 Å². The molecule has 0 aliphatic rings. The molecule has 0 spiro atoms. The first-order chi connectivity index (χ1) is 41.2. The molecule has 0 fully saturated rings. The molecule has 0 bridgehead atoms. The van der Waals surface area contributed by atoms with E-state index in [0.717, 1.165) is 0 Å². The zero-order valence-electron chi connectivity index (χ0n) is 51.4. The molecule has 0 aliphatic carbocycles. The summed E-state index contributed by atoms with van der Waals surface area (Å²) in [5.74, 6) is 0. The average Bonchev–Trinajstić information content (AvgIpc) is 1.50. The monoisotopic (exact) mass is 1110 g/mol. The number of aromatic nitrogens is 4. The van der Waals surface area contributed by atoms with Crippen molar-refractivity contribution in [1.29, 1.82) is 0 Å². The molecule has 86 heavy (non-hydrogen) atoms. The van der Waals surface area contributed by atoms with Gasteiger partial charge in [0.1, 0.15) is 0 Å². The Morgan fingerprint density at radius 3 is 0.837 bits per heavy atom. The first kappa shape index (κ1) is 51.1. The van der Waals surface area contributed by atoms with E-state index in [-0.39, 0.29) is 21.7 Å². The Kier molecular flexibility index (Phi) is 10.2. The topological polar surface area (TPSA) is 18.7 Å². The van der Waals surface area contributed by atoms with Gasteiger partial charge >= 0.3 is 0 Å². The van der Waals surface area contributed by atoms with E-state index in [9.17, 15) is 0 Å². The largest absolute Gasteiger partial charge is 0.309 e. The highest BCUT2D eigenvalue weighted by atomic mass is 15.0. The van der Waals surface area contributed by atoms with E-state index >= 15 is 0 Å². The highest BCUT2D eigenvalue weighted by molar-refractivity contribution is 6.38. The zero-order chi connectivity index (χ0) is 58.8. The molecule has 418 valence electrons. The molecule has 11 aromatic carbocycles. The lowest BCUT2D eigenvalue weighted by Gasteiger charge is -2.19. The number of rotatable bonds is 4. The van der Waals surface area contributed by atoms with Crippen molar-refractivity contribution in [1.82, 2.24) is 17.9 Å². The lowest BCUT2D eigenvalue weighted by molar-refractivity contribution is 0.590. The third-order valence-electron chi connectivity index (χ3n) is 19.6. The highest BCUT2D eigenvalue weighted by Gasteiger charge is 2.32. The summed E-state index contributed by atoms with van der Waals surface area (Å²) >= 11 is 0. The van der Waals surface area contributed by atoms with Gasteiger partial charge in [-0.25, -0.2) is 0 Å². The van der Waals surface area contributed by atoms with Gasteiger partial charge in [-0.15, -0.1) is 0 Å². The zero-order valence-corrected chi connectivity index (χ0v) is 51.4. The maximum absolute atomic E-state index is 2.64. The second-order valence-electron chi connectivity index (χ2n) is 29.0. The summed E-state index contributed by atoms with van der Waals surface area (Å²) < 4.78 is 10.3. The molecule has 0 N–H and O–H groups in total. The van der Waals surface area contributed by atoms with E-state index in [2.05, 4.69) is 307 Å². The number of benzene rings is 11. The second-order valence-corrected chi connectivity index (χ2v) is 29.0. The first-order valence-electron chi connectivity index (χ1n) is 30.9. The summed E-state index contributed by atoms with van der Waals surface area (Å²) in [5, 5.41) is 15.3. The van der Waals surface area contributed by atoms with Gasteiger partial charge in [0.25, 0.3) is 0 Å². The molecule has 6 heterocycles. The Morgan fingerprint density at radius 1 is 0.233 bits per heavy atom. The Hall–Kier alpha value is -9.38. The standard InChI is InChI=1S/C82H70N4/c1-79(2,3)49-29-35-65-59(41-49)60-42-50(80(4,5)6)30-36-66(60)83(65)53-33-39-69-63(45-53)55-25-19-27-57-73-72(48-23-17-14-18-24-48)78-74(71(47-21-15-13-16-22-47)77(73)85(69)75(55)57)58-28-20-26-56-64-46-54(34-40-70(64)86(78)76(56)58)84-67-37-31-51(81(7,8)9)43-61(67)62-44-52(82(10,11)12)32-38-68(62)84/h13-46H,1-12H3. The van der Waals surface area contributed by atoms with Gasteiger partial charge in [-0.05, 0) is 140 Å². The van der Waals surface area contributed by atoms with Crippen LogP contribution in [0.2, 0.25) is 0 Å². The van der Waals surface area contributed by atoms with Crippen molar-refractivity contribution in [3.63, 3.8) is 0 Å². The number of fused-ring (bicyclic) bond motifs is 18. The Bertz CT molecular complexity index is 5210. The van der Waals surface area contributed by atoms with Crippen LogP contribution < -0.4 is 0 Å². The second kappa shape index (κ2) is 17.2. The van der Waals surface area contributed by atoms with Gasteiger partial charge in [0.05, 0.1) is 55.2 Å². The van der Waals surface area contributed by atoms with Crippen molar-refractivity contribution in [3.8, 4) is 33.6 Å². The molecule has 17 aromatic rings. The molecule has 0 aliphatic heterocycles. The predicted molar refractivity (Wildman–Crippen MR) is 370 cm³/mol. The fourth-order valence-corrected chi connectivity index (χ4v) is 15.2. The molecule has 0 unspecified atom stereocenters. The van der Waals surface area contributed by atoms with E-state index in [4.69, 9.17) is 0 Å². The van der Waals surface area contributed by atoms with Gasteiger partial charge in [0, 0.05) is 87.1 Å². The van der Waals surface area contributed by atoms with Crippen LogP contribution in [0.3, 0.4) is 0 Å². The van der Waals surface area contributed by atoms with Crippen LogP contribution in [0.5, 0.6) is 0 Å². The number of hydrogen-bond donors (Lipinski definition) is 0. The van der Waals surface area contributed by atoms with Gasteiger partial charge in [0.2, 0.25) is 0 Å². The molecular weight excluding hydrogens is 1040 g/mol. The summed E-state index contributed by atoms with van der Waals surface area (Å²) in [4.78, 5) is 0. The van der Waals surface area contributed by atoms with Crippen LogP contribution in [0.25, 0.3) is 153 Å². The van der Waals surface area contributed by atoms with Gasteiger partial charge in [-0.1, -0.05) is 204 Å². The van der Waals surface area contributed by atoms with Crippen molar-refractivity contribution in [2.75, 3.05) is 0 Å². The molecule has 0 radical (unpaired) electrons. The SMILES string of the molecule is CC(C)(C)c1ccc2c(c1)c1cc(C(C)(C)C)ccc1n2-c1ccc2c(c1)c1cccc3c4c(-c5ccccc5)c5c(c(-c6ccccc6)c4n2c13)c1cccc2c3cc(-n4c6ccc(C(C)(C)C)cc6c6cc(C(C)(C)C)ccc64)ccc3n5c21. The minimum absolute atomic E-state index is 0.0179. The average molecular weight is 1110 g/mol. The van der Waals surface area contributed by atoms with E-state index in [1.165, 1.54) is 176 Å². The molecule has 0 amide bonds. The highest BCUT2D eigenvalue weighted by Crippen LogP contribution is 2.55. The van der Waals surface area contributed by atoms with E-state index in [1.807, 2.05) is 0 Å². The molecule has 6 aromatic heterocycles. The van der Waals surface area contributed by atoms with E-state index in [0.29, 0.717) is 0 Å². The van der Waals surface area contributed by atoms with Crippen LogP contribution in [0, 0.1) is 0 Å². The fraction of sp³-hybridized carbons (Fsp3) is 0.195. The normalized spacial score (nSPS) is 13.3. The summed E-state index contributed by atoms with van der Waals surface area (Å²) in [6.07, 6.45) is 0. The maximum atomic E-state index is 2.64. The molecule has 0 atom stereocenters. The minimum atomic E-state index is 0.0179. The summed E-state index contributed by atoms with van der Waals surface area (Å²) in [6, 6.07) is 79.8. The predicted octanol–water partition coefficient (Wildman–Crippen LogP) is 22.7. The van der Waals surface area contributed by atoms with Gasteiger partial charge in [-0.3, -0.25) is 0 Å². The van der Waals surface area contributed by atoms with Gasteiger partial charge < -0.3 is 17.9 Å². The fourth-order valence-electron chi connectivity index (χ4n) is 15.2. The number of nitrogens with zero attached hydrogens (tertiary/aromatic N) is 4. The quantitative estimate of drug-likeness (QED) is 0.167. The Morgan fingerprint density at radius 2 is 0.523 bits per heavy atom. The van der Waals surface area contributed by atoms with E-state index < -0.39 is 0 Å². The molecule has 4 heteroatoms. The lowest BCUT2D eigenvalue weighted by atomic mass is 9.85. The lowest BCUT2D eigenvalue weighted by Crippen LogP contribution is -2.10. The van der Waals surface area contributed by atoms with Crippen LogP contribution >= 0.6 is 0 Å². The molecule has 4 nitrogen and oxygen atoms in total. The van der Waals surface area contributed by atoms with Crippen LogP contribution in [-0.4, -0.2) is 17.9 Å². The van der Waals surface area contributed by atoms with Crippen molar-refractivity contribution < 1.29 is 0 Å². The molecule has 17 rings (SSSR count). The smallest absolute Gasteiger partial charge is 0.0634 e. The Labute approximate surface area is 501 Å². The van der Waals surface area contributed by atoms with Gasteiger partial charge in [0.15, 0.2) is 0 Å². The van der Waals surface area contributed by atoms with Crippen LogP contribution in [0.15, 0.2) is 206 Å². The first-order valence-corrected chi connectivity index (χ1v) is 30.9. The van der Waals surface area contributed by atoms with Gasteiger partial charge in [-0.2, -0.15) is 0 Å².